The van der Waals surface area contributed by atoms with E-state index in [0.717, 1.165) is 22.9 Å². The van der Waals surface area contributed by atoms with Gasteiger partial charge in [-0.1, -0.05) is 0 Å². The number of carbonyl (C=O) groups excluding carboxylic acids is 1. The Hall–Kier alpha value is -3.16. The fraction of sp³-hybridized carbons (Fsp3) is 0.333. The molecule has 26 heavy (non-hydrogen) atoms. The summed E-state index contributed by atoms with van der Waals surface area (Å²) in [7, 11) is 0. The topological polar surface area (TPSA) is 101 Å². The van der Waals surface area contributed by atoms with Gasteiger partial charge < -0.3 is 15.0 Å². The lowest BCUT2D eigenvalue weighted by Gasteiger charge is -2.08. The summed E-state index contributed by atoms with van der Waals surface area (Å²) in [6.45, 7) is 7.13. The highest BCUT2D eigenvalue weighted by molar-refractivity contribution is 5.94. The zero-order valence-electron chi connectivity index (χ0n) is 14.9. The molecule has 0 radical (unpaired) electrons. The molecular formula is C18H20N6O2. The largest absolute Gasteiger partial charge is 0.491 e. The molecule has 4 rings (SSSR count). The number of rotatable bonds is 3. The van der Waals surface area contributed by atoms with Gasteiger partial charge in [-0.05, 0) is 39.0 Å². The minimum atomic E-state index is -0.481. The van der Waals surface area contributed by atoms with Crippen LogP contribution in [0.5, 0.6) is 5.75 Å². The first kappa shape index (κ1) is 16.3. The number of primary amides is 1. The number of imidazole rings is 1. The van der Waals surface area contributed by atoms with E-state index in [0.29, 0.717) is 30.3 Å². The van der Waals surface area contributed by atoms with Crippen molar-refractivity contribution in [3.05, 3.63) is 35.8 Å². The van der Waals surface area contributed by atoms with Crippen LogP contribution in [-0.4, -0.2) is 36.8 Å². The third-order valence-corrected chi connectivity index (χ3v) is 4.33. The maximum Gasteiger partial charge on any atom is 0.248 e. The van der Waals surface area contributed by atoms with Crippen molar-refractivity contribution in [2.45, 2.75) is 33.4 Å². The van der Waals surface area contributed by atoms with Crippen molar-refractivity contribution in [2.24, 2.45) is 5.73 Å². The van der Waals surface area contributed by atoms with E-state index in [-0.39, 0.29) is 6.04 Å². The van der Waals surface area contributed by atoms with Crippen LogP contribution in [0.4, 0.5) is 0 Å². The summed E-state index contributed by atoms with van der Waals surface area (Å²) in [5, 5.41) is 4.47. The summed E-state index contributed by atoms with van der Waals surface area (Å²) in [6, 6.07) is 5.36. The van der Waals surface area contributed by atoms with Crippen LogP contribution in [0.25, 0.3) is 22.9 Å². The Balaban J connectivity index is 1.84. The van der Waals surface area contributed by atoms with Gasteiger partial charge in [0.15, 0.2) is 5.82 Å². The molecule has 0 bridgehead atoms. The van der Waals surface area contributed by atoms with Gasteiger partial charge in [-0.3, -0.25) is 4.79 Å². The Labute approximate surface area is 150 Å². The molecular weight excluding hydrogens is 332 g/mol. The fourth-order valence-corrected chi connectivity index (χ4v) is 3.11. The molecule has 1 aliphatic rings. The number of hydrogen-bond donors (Lipinski definition) is 1. The van der Waals surface area contributed by atoms with Crippen molar-refractivity contribution < 1.29 is 9.53 Å². The zero-order chi connectivity index (χ0) is 18.4. The van der Waals surface area contributed by atoms with Gasteiger partial charge in [0.25, 0.3) is 0 Å². The number of aromatic nitrogens is 5. The predicted molar refractivity (Wildman–Crippen MR) is 95.8 cm³/mol. The molecule has 1 aromatic carbocycles. The highest BCUT2D eigenvalue weighted by Crippen LogP contribution is 2.34. The van der Waals surface area contributed by atoms with Crippen LogP contribution in [0, 0.1) is 6.92 Å². The molecule has 8 nitrogen and oxygen atoms in total. The van der Waals surface area contributed by atoms with Gasteiger partial charge in [-0.15, -0.1) is 0 Å². The first-order chi connectivity index (χ1) is 12.4. The molecule has 0 saturated carbocycles. The van der Waals surface area contributed by atoms with Gasteiger partial charge in [0.2, 0.25) is 5.91 Å². The molecule has 0 saturated heterocycles. The monoisotopic (exact) mass is 352 g/mol. The molecule has 8 heteroatoms. The van der Waals surface area contributed by atoms with E-state index in [1.54, 1.807) is 12.1 Å². The molecule has 0 aliphatic carbocycles. The summed E-state index contributed by atoms with van der Waals surface area (Å²) < 4.78 is 9.71. The van der Waals surface area contributed by atoms with Gasteiger partial charge in [-0.2, -0.15) is 5.10 Å². The van der Waals surface area contributed by atoms with Crippen molar-refractivity contribution in [1.82, 2.24) is 24.3 Å². The molecule has 0 fully saturated rings. The second kappa shape index (κ2) is 5.98. The molecule has 2 N–H and O–H groups in total. The lowest BCUT2D eigenvalue weighted by molar-refractivity contribution is 0.1000. The third kappa shape index (κ3) is 2.63. The summed E-state index contributed by atoms with van der Waals surface area (Å²) in [4.78, 5) is 20.8. The number of benzene rings is 1. The number of amides is 1. The van der Waals surface area contributed by atoms with Crippen molar-refractivity contribution in [3.63, 3.8) is 0 Å². The number of nitrogens with two attached hydrogens (primary N) is 1. The quantitative estimate of drug-likeness (QED) is 0.778. The Morgan fingerprint density at radius 1 is 1.27 bits per heavy atom. The van der Waals surface area contributed by atoms with Crippen LogP contribution in [0.15, 0.2) is 24.4 Å². The van der Waals surface area contributed by atoms with Gasteiger partial charge in [0.1, 0.15) is 29.7 Å². The van der Waals surface area contributed by atoms with Crippen molar-refractivity contribution >= 4 is 5.91 Å². The Morgan fingerprint density at radius 3 is 2.81 bits per heavy atom. The van der Waals surface area contributed by atoms with E-state index in [4.69, 9.17) is 15.5 Å². The number of hydrogen-bond acceptors (Lipinski definition) is 5. The molecule has 134 valence electrons. The average Bonchev–Trinajstić information content (AvgIpc) is 3.14. The Morgan fingerprint density at radius 2 is 2.08 bits per heavy atom. The number of nitrogens with zero attached hydrogens (tertiary/aromatic N) is 5. The third-order valence-electron chi connectivity index (χ3n) is 4.33. The van der Waals surface area contributed by atoms with Crippen molar-refractivity contribution in [2.75, 3.05) is 6.61 Å². The van der Waals surface area contributed by atoms with E-state index < -0.39 is 5.91 Å². The first-order valence-electron chi connectivity index (χ1n) is 8.51. The number of fused-ring (bicyclic) bond motifs is 3. The normalized spacial score (nSPS) is 13.1. The number of aryl methyl sites for hydroxylation is 1. The van der Waals surface area contributed by atoms with E-state index in [1.807, 2.05) is 28.4 Å². The maximum atomic E-state index is 11.4. The molecule has 3 aromatic rings. The highest BCUT2D eigenvalue weighted by atomic mass is 16.5. The molecule has 3 heterocycles. The lowest BCUT2D eigenvalue weighted by Crippen LogP contribution is -2.11. The van der Waals surface area contributed by atoms with E-state index in [1.165, 1.54) is 0 Å². The van der Waals surface area contributed by atoms with Gasteiger partial charge in [-0.25, -0.2) is 14.6 Å². The lowest BCUT2D eigenvalue weighted by atomic mass is 10.1. The van der Waals surface area contributed by atoms with Crippen LogP contribution in [0.1, 0.15) is 36.1 Å². The molecule has 1 amide bonds. The zero-order valence-corrected chi connectivity index (χ0v) is 14.9. The van der Waals surface area contributed by atoms with Crippen molar-refractivity contribution in [3.8, 4) is 28.7 Å². The highest BCUT2D eigenvalue weighted by Gasteiger charge is 2.22. The predicted octanol–water partition coefficient (Wildman–Crippen LogP) is 2.19. The second-order valence-electron chi connectivity index (χ2n) is 6.59. The fourth-order valence-electron chi connectivity index (χ4n) is 3.11. The molecule has 0 spiro atoms. The van der Waals surface area contributed by atoms with Gasteiger partial charge >= 0.3 is 0 Å². The number of ether oxygens (including phenoxy) is 1. The minimum Gasteiger partial charge on any atom is -0.491 e. The van der Waals surface area contributed by atoms with E-state index >= 15 is 0 Å². The van der Waals surface area contributed by atoms with E-state index in [9.17, 15) is 4.79 Å². The summed E-state index contributed by atoms with van der Waals surface area (Å²) in [5.41, 5.74) is 7.38. The molecule has 0 unspecified atom stereocenters. The molecule has 1 aliphatic heterocycles. The SMILES string of the molecule is Cc1nc(-c2cn3c(n2)-c2ccc(C(N)=O)cc2OCC3)n(C(C)C)n1. The van der Waals surface area contributed by atoms with Crippen LogP contribution in [0.2, 0.25) is 0 Å². The Bertz CT molecular complexity index is 1000. The Kier molecular flexibility index (Phi) is 3.75. The first-order valence-corrected chi connectivity index (χ1v) is 8.51. The van der Waals surface area contributed by atoms with E-state index in [2.05, 4.69) is 23.9 Å². The smallest absolute Gasteiger partial charge is 0.248 e. The molecule has 0 atom stereocenters. The van der Waals surface area contributed by atoms with Crippen LogP contribution in [0.3, 0.4) is 0 Å². The van der Waals surface area contributed by atoms with Crippen LogP contribution < -0.4 is 10.5 Å². The second-order valence-corrected chi connectivity index (χ2v) is 6.59. The van der Waals surface area contributed by atoms with Crippen molar-refractivity contribution in [1.29, 1.82) is 0 Å². The van der Waals surface area contributed by atoms with Gasteiger partial charge in [0.05, 0.1) is 12.1 Å². The number of carbonyl (C=O) groups is 1. The minimum absolute atomic E-state index is 0.182. The average molecular weight is 352 g/mol. The molecule has 2 aromatic heterocycles. The summed E-state index contributed by atoms with van der Waals surface area (Å²) in [6.07, 6.45) is 1.97. The van der Waals surface area contributed by atoms with Crippen LogP contribution in [-0.2, 0) is 6.54 Å². The van der Waals surface area contributed by atoms with Crippen LogP contribution >= 0.6 is 0 Å². The summed E-state index contributed by atoms with van der Waals surface area (Å²) >= 11 is 0. The maximum absolute atomic E-state index is 11.4. The van der Waals surface area contributed by atoms with Gasteiger partial charge in [0, 0.05) is 17.8 Å². The standard InChI is InChI=1S/C18H20N6O2/c1-10(2)24-18(20-11(3)22-24)14-9-23-6-7-26-15-8-12(16(19)25)4-5-13(15)17(23)21-14/h4-5,8-10H,6-7H2,1-3H3,(H2,19,25). The summed E-state index contributed by atoms with van der Waals surface area (Å²) in [5.74, 6) is 2.37.